The van der Waals surface area contributed by atoms with Crippen molar-refractivity contribution < 1.29 is 9.53 Å². The molecule has 1 aromatic heterocycles. The molecule has 0 aliphatic heterocycles. The summed E-state index contributed by atoms with van der Waals surface area (Å²) in [5, 5.41) is 4.33. The van der Waals surface area contributed by atoms with Crippen molar-refractivity contribution in [3.05, 3.63) is 17.5 Å². The quantitative estimate of drug-likeness (QED) is 0.799. The Kier molecular flexibility index (Phi) is 3.19. The number of nitrogens with zero attached hydrogens (tertiary/aromatic N) is 2. The minimum absolute atomic E-state index is 0.0410. The molecule has 0 N–H and O–H groups in total. The summed E-state index contributed by atoms with van der Waals surface area (Å²) >= 11 is 0. The van der Waals surface area contributed by atoms with Gasteiger partial charge in [-0.2, -0.15) is 5.10 Å². The molecule has 116 valence electrons. The lowest BCUT2D eigenvalue weighted by molar-refractivity contribution is -0.0251. The highest BCUT2D eigenvalue weighted by molar-refractivity contribution is 5.87. The highest BCUT2D eigenvalue weighted by Gasteiger charge is 2.62. The van der Waals surface area contributed by atoms with Crippen LogP contribution >= 0.6 is 0 Å². The van der Waals surface area contributed by atoms with Crippen LogP contribution in [0.15, 0.2) is 6.07 Å². The molecule has 0 radical (unpaired) electrons. The standard InChI is InChI=1S/C17H26N2O2/c1-6-19-13(9-11(2)18-19)15(20)21-14-10-12-7-8-17(14,5)16(12,3)4/h9,12,14H,6-8,10H2,1-5H3. The van der Waals surface area contributed by atoms with E-state index in [0.717, 1.165) is 18.5 Å². The van der Waals surface area contributed by atoms with Crippen LogP contribution < -0.4 is 0 Å². The summed E-state index contributed by atoms with van der Waals surface area (Å²) in [7, 11) is 0. The maximum atomic E-state index is 12.5. The molecule has 1 heterocycles. The fourth-order valence-corrected chi connectivity index (χ4v) is 4.45. The number of carbonyl (C=O) groups excluding carboxylic acids is 1. The topological polar surface area (TPSA) is 44.1 Å². The molecule has 3 rings (SSSR count). The number of hydrogen-bond donors (Lipinski definition) is 0. The molecule has 0 amide bonds. The van der Waals surface area contributed by atoms with Crippen molar-refractivity contribution in [1.82, 2.24) is 9.78 Å². The molecule has 0 saturated heterocycles. The summed E-state index contributed by atoms with van der Waals surface area (Å²) in [6.45, 7) is 11.5. The van der Waals surface area contributed by atoms with Gasteiger partial charge in [-0.1, -0.05) is 20.8 Å². The number of aryl methyl sites for hydroxylation is 2. The second-order valence-electron chi connectivity index (χ2n) is 7.49. The molecule has 2 aliphatic rings. The van der Waals surface area contributed by atoms with Gasteiger partial charge in [0.05, 0.1) is 5.69 Å². The minimum atomic E-state index is -0.216. The fraction of sp³-hybridized carbons (Fsp3) is 0.765. The number of ether oxygens (including phenoxy) is 1. The van der Waals surface area contributed by atoms with Crippen LogP contribution in [0.4, 0.5) is 0 Å². The third-order valence-electron chi connectivity index (χ3n) is 6.37. The first kappa shape index (κ1) is 14.6. The lowest BCUT2D eigenvalue weighted by Gasteiger charge is -2.38. The Morgan fingerprint density at radius 2 is 2.19 bits per heavy atom. The summed E-state index contributed by atoms with van der Waals surface area (Å²) in [6.07, 6.45) is 3.48. The Morgan fingerprint density at radius 1 is 1.48 bits per heavy atom. The Hall–Kier alpha value is -1.32. The van der Waals surface area contributed by atoms with Crippen molar-refractivity contribution in [2.75, 3.05) is 0 Å². The normalized spacial score (nSPS) is 33.4. The van der Waals surface area contributed by atoms with Gasteiger partial charge in [0.1, 0.15) is 11.8 Å². The van der Waals surface area contributed by atoms with Crippen LogP contribution in [0.25, 0.3) is 0 Å². The summed E-state index contributed by atoms with van der Waals surface area (Å²) in [4.78, 5) is 12.5. The molecule has 2 aliphatic carbocycles. The first-order valence-corrected chi connectivity index (χ1v) is 8.05. The average Bonchev–Trinajstić information content (AvgIpc) is 2.96. The predicted molar refractivity (Wildman–Crippen MR) is 81.1 cm³/mol. The maximum absolute atomic E-state index is 12.5. The van der Waals surface area contributed by atoms with Gasteiger partial charge in [0.2, 0.25) is 0 Å². The summed E-state index contributed by atoms with van der Waals surface area (Å²) in [5.74, 6) is 0.463. The largest absolute Gasteiger partial charge is 0.457 e. The SMILES string of the molecule is CCn1nc(C)cc1C(=O)OC1CC2CCC1(C)C2(C)C. The van der Waals surface area contributed by atoms with Crippen LogP contribution in [0.1, 0.15) is 63.1 Å². The molecule has 2 saturated carbocycles. The monoisotopic (exact) mass is 290 g/mol. The van der Waals surface area contributed by atoms with E-state index in [-0.39, 0.29) is 22.9 Å². The smallest absolute Gasteiger partial charge is 0.356 e. The van der Waals surface area contributed by atoms with Crippen molar-refractivity contribution in [3.8, 4) is 0 Å². The first-order valence-electron chi connectivity index (χ1n) is 8.05. The zero-order chi connectivity index (χ0) is 15.4. The van der Waals surface area contributed by atoms with E-state index < -0.39 is 0 Å². The third-order valence-corrected chi connectivity index (χ3v) is 6.37. The van der Waals surface area contributed by atoms with Gasteiger partial charge in [-0.25, -0.2) is 4.79 Å². The van der Waals surface area contributed by atoms with E-state index in [2.05, 4.69) is 25.9 Å². The average molecular weight is 290 g/mol. The van der Waals surface area contributed by atoms with Gasteiger partial charge < -0.3 is 4.74 Å². The van der Waals surface area contributed by atoms with Crippen LogP contribution in [-0.2, 0) is 11.3 Å². The number of fused-ring (bicyclic) bond motifs is 2. The van der Waals surface area contributed by atoms with E-state index in [9.17, 15) is 4.79 Å². The highest BCUT2D eigenvalue weighted by atomic mass is 16.5. The number of esters is 1. The molecule has 3 unspecified atom stereocenters. The van der Waals surface area contributed by atoms with Crippen molar-refractivity contribution >= 4 is 5.97 Å². The van der Waals surface area contributed by atoms with Crippen LogP contribution in [0, 0.1) is 23.7 Å². The van der Waals surface area contributed by atoms with E-state index in [0.29, 0.717) is 18.2 Å². The number of aromatic nitrogens is 2. The maximum Gasteiger partial charge on any atom is 0.356 e. The Bertz CT molecular complexity index is 575. The fourth-order valence-electron chi connectivity index (χ4n) is 4.45. The first-order chi connectivity index (χ1) is 9.79. The molecule has 2 fully saturated rings. The number of rotatable bonds is 3. The van der Waals surface area contributed by atoms with Gasteiger partial charge in [0, 0.05) is 12.0 Å². The predicted octanol–water partition coefficient (Wildman–Crippen LogP) is 3.58. The number of carbonyl (C=O) groups is 1. The molecule has 2 bridgehead atoms. The van der Waals surface area contributed by atoms with Gasteiger partial charge >= 0.3 is 5.97 Å². The van der Waals surface area contributed by atoms with E-state index >= 15 is 0 Å². The molecular weight excluding hydrogens is 264 g/mol. The summed E-state index contributed by atoms with van der Waals surface area (Å²) < 4.78 is 7.66. The molecule has 4 heteroatoms. The van der Waals surface area contributed by atoms with E-state index in [1.54, 1.807) is 4.68 Å². The molecule has 1 aromatic rings. The zero-order valence-electron chi connectivity index (χ0n) is 13.8. The van der Waals surface area contributed by atoms with E-state index in [1.807, 2.05) is 19.9 Å². The second kappa shape index (κ2) is 4.59. The van der Waals surface area contributed by atoms with Crippen molar-refractivity contribution in [2.45, 2.75) is 66.5 Å². The Morgan fingerprint density at radius 3 is 2.71 bits per heavy atom. The van der Waals surface area contributed by atoms with Crippen molar-refractivity contribution in [3.63, 3.8) is 0 Å². The lowest BCUT2D eigenvalue weighted by atomic mass is 9.70. The molecule has 21 heavy (non-hydrogen) atoms. The Balaban J connectivity index is 1.80. The summed E-state index contributed by atoms with van der Waals surface area (Å²) in [5.41, 5.74) is 1.82. The van der Waals surface area contributed by atoms with Gasteiger partial charge in [0.25, 0.3) is 0 Å². The van der Waals surface area contributed by atoms with Crippen LogP contribution in [-0.4, -0.2) is 21.9 Å². The van der Waals surface area contributed by atoms with Crippen molar-refractivity contribution in [1.29, 1.82) is 0 Å². The number of hydrogen-bond acceptors (Lipinski definition) is 3. The van der Waals surface area contributed by atoms with E-state index in [4.69, 9.17) is 4.74 Å². The van der Waals surface area contributed by atoms with Crippen LogP contribution in [0.5, 0.6) is 0 Å². The second-order valence-corrected chi connectivity index (χ2v) is 7.49. The van der Waals surface area contributed by atoms with Crippen LogP contribution in [0.2, 0.25) is 0 Å². The highest BCUT2D eigenvalue weighted by Crippen LogP contribution is 2.66. The minimum Gasteiger partial charge on any atom is -0.457 e. The van der Waals surface area contributed by atoms with Crippen LogP contribution in [0.3, 0.4) is 0 Å². The zero-order valence-corrected chi connectivity index (χ0v) is 13.8. The van der Waals surface area contributed by atoms with Crippen molar-refractivity contribution in [2.24, 2.45) is 16.7 Å². The van der Waals surface area contributed by atoms with E-state index in [1.165, 1.54) is 6.42 Å². The van der Waals surface area contributed by atoms with Gasteiger partial charge in [0.15, 0.2) is 0 Å². The van der Waals surface area contributed by atoms with Gasteiger partial charge in [-0.05, 0) is 50.5 Å². The lowest BCUT2D eigenvalue weighted by Crippen LogP contribution is -2.38. The Labute approximate surface area is 126 Å². The molecule has 0 aromatic carbocycles. The molecular formula is C17H26N2O2. The van der Waals surface area contributed by atoms with Gasteiger partial charge in [-0.3, -0.25) is 4.68 Å². The molecule has 4 nitrogen and oxygen atoms in total. The molecule has 0 spiro atoms. The molecule has 3 atom stereocenters. The summed E-state index contributed by atoms with van der Waals surface area (Å²) in [6, 6.07) is 1.83. The third kappa shape index (κ3) is 1.95. The van der Waals surface area contributed by atoms with Gasteiger partial charge in [-0.15, -0.1) is 0 Å².